The van der Waals surface area contributed by atoms with Crippen molar-refractivity contribution in [1.29, 1.82) is 0 Å². The summed E-state index contributed by atoms with van der Waals surface area (Å²) in [6.07, 6.45) is 0. The second kappa shape index (κ2) is 5.98. The lowest BCUT2D eigenvalue weighted by atomic mass is 10.2. The highest BCUT2D eigenvalue weighted by Crippen LogP contribution is 2.28. The Kier molecular flexibility index (Phi) is 4.31. The minimum Gasteiger partial charge on any atom is -0.344 e. The molecule has 0 bridgehead atoms. The van der Waals surface area contributed by atoms with Crippen LogP contribution in [-0.2, 0) is 0 Å². The Hall–Kier alpha value is -1.99. The molecular formula is C12H13ClN4O2S. The zero-order valence-corrected chi connectivity index (χ0v) is 12.4. The summed E-state index contributed by atoms with van der Waals surface area (Å²) in [6, 6.07) is 5.00. The van der Waals surface area contributed by atoms with Crippen molar-refractivity contribution in [1.82, 2.24) is 9.69 Å². The number of aromatic amines is 1. The van der Waals surface area contributed by atoms with Gasteiger partial charge in [-0.15, -0.1) is 0 Å². The largest absolute Gasteiger partial charge is 0.344 e. The fourth-order valence-corrected chi connectivity index (χ4v) is 2.37. The quantitative estimate of drug-likeness (QED) is 0.703. The predicted octanol–water partition coefficient (Wildman–Crippen LogP) is 2.89. The standard InChI is InChI=1S/C12H13ClN4O2S/c1-6-3-4-7(5-8(6)13)15-11-9(10(18)17-20-11)16-12(19)14-2/h3-5,15H,1-2H3,(H,17,18)(H2,14,16,19). The summed E-state index contributed by atoms with van der Waals surface area (Å²) < 4.78 is 2.56. The van der Waals surface area contributed by atoms with Crippen LogP contribution in [0.1, 0.15) is 5.56 Å². The number of H-pyrrole nitrogens is 1. The molecule has 2 amide bonds. The van der Waals surface area contributed by atoms with Gasteiger partial charge in [0.05, 0.1) is 0 Å². The summed E-state index contributed by atoms with van der Waals surface area (Å²) in [5.41, 5.74) is 1.50. The number of amides is 2. The molecule has 106 valence electrons. The lowest BCUT2D eigenvalue weighted by Crippen LogP contribution is -2.27. The van der Waals surface area contributed by atoms with Gasteiger partial charge in [-0.05, 0) is 36.2 Å². The molecule has 6 nitrogen and oxygen atoms in total. The highest BCUT2D eigenvalue weighted by molar-refractivity contribution is 7.11. The number of benzene rings is 1. The predicted molar refractivity (Wildman–Crippen MR) is 82.5 cm³/mol. The van der Waals surface area contributed by atoms with Crippen molar-refractivity contribution in [3.05, 3.63) is 39.1 Å². The van der Waals surface area contributed by atoms with Crippen LogP contribution in [0, 0.1) is 6.92 Å². The highest BCUT2D eigenvalue weighted by atomic mass is 35.5. The molecule has 0 saturated carbocycles. The molecule has 8 heteroatoms. The summed E-state index contributed by atoms with van der Waals surface area (Å²) in [5.74, 6) is 0. The number of hydrogen-bond donors (Lipinski definition) is 4. The monoisotopic (exact) mass is 312 g/mol. The summed E-state index contributed by atoms with van der Waals surface area (Å²) in [6.45, 7) is 1.90. The first kappa shape index (κ1) is 14.4. The third-order valence-corrected chi connectivity index (χ3v) is 3.80. The maximum atomic E-state index is 11.6. The van der Waals surface area contributed by atoms with Gasteiger partial charge in [0.2, 0.25) is 0 Å². The van der Waals surface area contributed by atoms with E-state index in [0.29, 0.717) is 10.0 Å². The minimum atomic E-state index is -0.459. The van der Waals surface area contributed by atoms with Gasteiger partial charge >= 0.3 is 6.03 Å². The third kappa shape index (κ3) is 3.12. The van der Waals surface area contributed by atoms with Gasteiger partial charge in [0, 0.05) is 17.8 Å². The Morgan fingerprint density at radius 2 is 2.15 bits per heavy atom. The summed E-state index contributed by atoms with van der Waals surface area (Å²) in [5, 5.41) is 9.05. The van der Waals surface area contributed by atoms with Gasteiger partial charge in [-0.2, -0.15) is 0 Å². The van der Waals surface area contributed by atoms with Crippen molar-refractivity contribution in [2.45, 2.75) is 6.92 Å². The number of halogens is 1. The average molecular weight is 313 g/mol. The molecule has 2 aromatic rings. The van der Waals surface area contributed by atoms with Gasteiger partial charge in [-0.1, -0.05) is 17.7 Å². The summed E-state index contributed by atoms with van der Waals surface area (Å²) >= 11 is 7.15. The molecule has 0 aliphatic rings. The number of aryl methyl sites for hydroxylation is 1. The molecule has 0 unspecified atom stereocenters. The number of carbonyl (C=O) groups is 1. The van der Waals surface area contributed by atoms with Crippen molar-refractivity contribution in [3.8, 4) is 0 Å². The van der Waals surface area contributed by atoms with Crippen LogP contribution in [0.5, 0.6) is 0 Å². The van der Waals surface area contributed by atoms with E-state index in [4.69, 9.17) is 11.6 Å². The van der Waals surface area contributed by atoms with Crippen LogP contribution in [0.3, 0.4) is 0 Å². The molecule has 0 atom stereocenters. The van der Waals surface area contributed by atoms with Crippen molar-refractivity contribution < 1.29 is 4.79 Å². The Labute approximate surface area is 124 Å². The Balaban J connectivity index is 2.27. The summed E-state index contributed by atoms with van der Waals surface area (Å²) in [4.78, 5) is 23.0. The molecule has 1 heterocycles. The average Bonchev–Trinajstić information content (AvgIpc) is 2.75. The molecule has 20 heavy (non-hydrogen) atoms. The maximum absolute atomic E-state index is 11.6. The Morgan fingerprint density at radius 1 is 1.40 bits per heavy atom. The second-order valence-corrected chi connectivity index (χ2v) is 5.25. The minimum absolute atomic E-state index is 0.172. The lowest BCUT2D eigenvalue weighted by molar-refractivity contribution is 0.254. The molecule has 0 aliphatic heterocycles. The van der Waals surface area contributed by atoms with Crippen LogP contribution in [0.15, 0.2) is 23.0 Å². The van der Waals surface area contributed by atoms with E-state index in [-0.39, 0.29) is 11.2 Å². The van der Waals surface area contributed by atoms with E-state index in [9.17, 15) is 9.59 Å². The SMILES string of the molecule is CNC(=O)Nc1c(Nc2ccc(C)c(Cl)c2)s[nH]c1=O. The van der Waals surface area contributed by atoms with E-state index in [1.807, 2.05) is 19.1 Å². The number of urea groups is 1. The fourth-order valence-electron chi connectivity index (χ4n) is 1.48. The van der Waals surface area contributed by atoms with E-state index in [2.05, 4.69) is 20.3 Å². The van der Waals surface area contributed by atoms with Crippen LogP contribution in [0.2, 0.25) is 5.02 Å². The number of rotatable bonds is 3. The highest BCUT2D eigenvalue weighted by Gasteiger charge is 2.13. The second-order valence-electron chi connectivity index (χ2n) is 4.03. The van der Waals surface area contributed by atoms with Crippen LogP contribution < -0.4 is 21.5 Å². The lowest BCUT2D eigenvalue weighted by Gasteiger charge is -2.08. The van der Waals surface area contributed by atoms with Gasteiger partial charge in [-0.25, -0.2) is 4.79 Å². The van der Waals surface area contributed by atoms with Gasteiger partial charge < -0.3 is 16.0 Å². The molecular weight excluding hydrogens is 300 g/mol. The molecule has 0 spiro atoms. The first-order chi connectivity index (χ1) is 9.51. The molecule has 0 fully saturated rings. The topological polar surface area (TPSA) is 86.0 Å². The first-order valence-electron chi connectivity index (χ1n) is 5.74. The van der Waals surface area contributed by atoms with Crippen molar-refractivity contribution in [2.24, 2.45) is 0 Å². The van der Waals surface area contributed by atoms with Gasteiger partial charge in [-0.3, -0.25) is 9.17 Å². The smallest absolute Gasteiger partial charge is 0.319 e. The van der Waals surface area contributed by atoms with Gasteiger partial charge in [0.1, 0.15) is 10.7 Å². The van der Waals surface area contributed by atoms with Crippen molar-refractivity contribution in [3.63, 3.8) is 0 Å². The van der Waals surface area contributed by atoms with Gasteiger partial charge in [0.25, 0.3) is 5.56 Å². The molecule has 1 aromatic carbocycles. The Bertz CT molecular complexity index is 695. The summed E-state index contributed by atoms with van der Waals surface area (Å²) in [7, 11) is 1.47. The van der Waals surface area contributed by atoms with E-state index < -0.39 is 6.03 Å². The Morgan fingerprint density at radius 3 is 2.80 bits per heavy atom. The van der Waals surface area contributed by atoms with Crippen LogP contribution in [-0.4, -0.2) is 17.5 Å². The van der Waals surface area contributed by atoms with Gasteiger partial charge in [0.15, 0.2) is 0 Å². The number of nitrogens with one attached hydrogen (secondary N) is 4. The van der Waals surface area contributed by atoms with Crippen LogP contribution >= 0.6 is 23.1 Å². The fraction of sp³-hybridized carbons (Fsp3) is 0.167. The van der Waals surface area contributed by atoms with Crippen LogP contribution in [0.4, 0.5) is 21.2 Å². The third-order valence-electron chi connectivity index (χ3n) is 2.60. The number of aromatic nitrogens is 1. The van der Waals surface area contributed by atoms with E-state index in [1.165, 1.54) is 7.05 Å². The van der Waals surface area contributed by atoms with Crippen LogP contribution in [0.25, 0.3) is 0 Å². The van der Waals surface area contributed by atoms with E-state index >= 15 is 0 Å². The molecule has 1 aromatic heterocycles. The van der Waals surface area contributed by atoms with E-state index in [0.717, 1.165) is 22.8 Å². The normalized spacial score (nSPS) is 10.2. The molecule has 4 N–H and O–H groups in total. The molecule has 0 radical (unpaired) electrons. The molecule has 0 saturated heterocycles. The van der Waals surface area contributed by atoms with Crippen molar-refractivity contribution >= 4 is 45.5 Å². The van der Waals surface area contributed by atoms with E-state index in [1.54, 1.807) is 6.07 Å². The maximum Gasteiger partial charge on any atom is 0.319 e. The van der Waals surface area contributed by atoms with Crippen molar-refractivity contribution in [2.75, 3.05) is 17.7 Å². The molecule has 2 rings (SSSR count). The zero-order chi connectivity index (χ0) is 14.7. The molecule has 0 aliphatic carbocycles. The first-order valence-corrected chi connectivity index (χ1v) is 6.94. The number of carbonyl (C=O) groups excluding carboxylic acids is 1. The number of anilines is 3. The number of hydrogen-bond acceptors (Lipinski definition) is 4. The zero-order valence-electron chi connectivity index (χ0n) is 10.8.